The van der Waals surface area contributed by atoms with Gasteiger partial charge in [-0.25, -0.2) is 4.79 Å². The predicted octanol–water partition coefficient (Wildman–Crippen LogP) is 3.89. The number of rotatable bonds is 16. The van der Waals surface area contributed by atoms with Gasteiger partial charge in [-0.05, 0) is 6.42 Å². The average Bonchev–Trinajstić information content (AvgIpc) is 2.50. The van der Waals surface area contributed by atoms with Gasteiger partial charge in [0.1, 0.15) is 6.61 Å². The van der Waals surface area contributed by atoms with E-state index < -0.39 is 5.97 Å². The normalized spacial score (nSPS) is 10.5. The third-order valence-corrected chi connectivity index (χ3v) is 3.15. The fourth-order valence-corrected chi connectivity index (χ4v) is 1.92. The van der Waals surface area contributed by atoms with Gasteiger partial charge in [0.25, 0.3) is 0 Å². The van der Waals surface area contributed by atoms with Crippen LogP contribution in [-0.4, -0.2) is 39.0 Å². The molecule has 0 aromatic heterocycles. The maximum Gasteiger partial charge on any atom is 0.330 e. The molecule has 0 aliphatic carbocycles. The summed E-state index contributed by atoms with van der Waals surface area (Å²) in [6, 6.07) is 0. The van der Waals surface area contributed by atoms with E-state index in [0.717, 1.165) is 19.1 Å². The Morgan fingerprint density at radius 1 is 0.810 bits per heavy atom. The second kappa shape index (κ2) is 17.2. The molecule has 0 amide bonds. The van der Waals surface area contributed by atoms with Crippen LogP contribution in [0, 0.1) is 0 Å². The number of hydrogen-bond donors (Lipinski definition) is 0. The van der Waals surface area contributed by atoms with Crippen LogP contribution in [0.2, 0.25) is 0 Å². The zero-order valence-electron chi connectivity index (χ0n) is 13.6. The fourth-order valence-electron chi connectivity index (χ4n) is 1.92. The van der Waals surface area contributed by atoms with Crippen molar-refractivity contribution < 1.29 is 19.0 Å². The van der Waals surface area contributed by atoms with Crippen molar-refractivity contribution in [1.29, 1.82) is 0 Å². The molecule has 0 saturated carbocycles. The van der Waals surface area contributed by atoms with E-state index in [1.54, 1.807) is 0 Å². The Morgan fingerprint density at radius 2 is 1.33 bits per heavy atom. The predicted molar refractivity (Wildman–Crippen MR) is 85.4 cm³/mol. The molecule has 0 aliphatic rings. The highest BCUT2D eigenvalue weighted by molar-refractivity contribution is 5.81. The van der Waals surface area contributed by atoms with Crippen LogP contribution in [0.4, 0.5) is 0 Å². The van der Waals surface area contributed by atoms with Gasteiger partial charge < -0.3 is 14.2 Å². The molecular weight excluding hydrogens is 268 g/mol. The smallest absolute Gasteiger partial charge is 0.330 e. The Kier molecular flexibility index (Phi) is 16.5. The van der Waals surface area contributed by atoms with E-state index >= 15 is 0 Å². The highest BCUT2D eigenvalue weighted by Crippen LogP contribution is 2.08. The molecule has 0 unspecified atom stereocenters. The summed E-state index contributed by atoms with van der Waals surface area (Å²) in [5.41, 5.74) is 0. The van der Waals surface area contributed by atoms with E-state index in [9.17, 15) is 4.79 Å². The molecule has 0 rings (SSSR count). The molecule has 0 bridgehead atoms. The summed E-state index contributed by atoms with van der Waals surface area (Å²) in [6.07, 6.45) is 11.6. The lowest BCUT2D eigenvalue weighted by atomic mass is 10.1. The maximum atomic E-state index is 10.7. The lowest BCUT2D eigenvalue weighted by molar-refractivity contribution is -0.139. The van der Waals surface area contributed by atoms with Crippen LogP contribution in [0.1, 0.15) is 58.3 Å². The van der Waals surface area contributed by atoms with Crippen molar-refractivity contribution in [2.75, 3.05) is 33.0 Å². The van der Waals surface area contributed by atoms with Gasteiger partial charge in [0.2, 0.25) is 0 Å². The Balaban J connectivity index is 2.99. The zero-order chi connectivity index (χ0) is 15.6. The van der Waals surface area contributed by atoms with E-state index in [-0.39, 0.29) is 6.61 Å². The summed E-state index contributed by atoms with van der Waals surface area (Å²) >= 11 is 0. The Hall–Kier alpha value is -0.870. The van der Waals surface area contributed by atoms with Gasteiger partial charge in [-0.1, -0.05) is 58.4 Å². The summed E-state index contributed by atoms with van der Waals surface area (Å²) in [5, 5.41) is 0. The Bertz CT molecular complexity index is 241. The molecule has 0 aliphatic heterocycles. The van der Waals surface area contributed by atoms with Crippen LogP contribution in [0.5, 0.6) is 0 Å². The van der Waals surface area contributed by atoms with Crippen molar-refractivity contribution in [2.45, 2.75) is 58.3 Å². The monoisotopic (exact) mass is 300 g/mol. The van der Waals surface area contributed by atoms with Crippen molar-refractivity contribution in [3.05, 3.63) is 12.7 Å². The van der Waals surface area contributed by atoms with Gasteiger partial charge >= 0.3 is 5.97 Å². The fraction of sp³-hybridized carbons (Fsp3) is 0.824. The van der Waals surface area contributed by atoms with Crippen LogP contribution in [0.25, 0.3) is 0 Å². The van der Waals surface area contributed by atoms with E-state index in [1.165, 1.54) is 44.9 Å². The Morgan fingerprint density at radius 3 is 1.95 bits per heavy atom. The largest absolute Gasteiger partial charge is 0.460 e. The molecule has 124 valence electrons. The second-order valence-corrected chi connectivity index (χ2v) is 5.07. The maximum absolute atomic E-state index is 10.7. The van der Waals surface area contributed by atoms with Crippen LogP contribution in [0.3, 0.4) is 0 Å². The highest BCUT2D eigenvalue weighted by atomic mass is 16.6. The van der Waals surface area contributed by atoms with E-state index in [2.05, 4.69) is 13.5 Å². The van der Waals surface area contributed by atoms with Gasteiger partial charge in [-0.2, -0.15) is 0 Å². The van der Waals surface area contributed by atoms with Crippen molar-refractivity contribution in [1.82, 2.24) is 0 Å². The first kappa shape index (κ1) is 20.1. The molecule has 0 aromatic rings. The number of unbranched alkanes of at least 4 members (excludes halogenated alkanes) is 7. The third-order valence-electron chi connectivity index (χ3n) is 3.15. The van der Waals surface area contributed by atoms with Crippen LogP contribution < -0.4 is 0 Å². The van der Waals surface area contributed by atoms with E-state index in [4.69, 9.17) is 14.2 Å². The van der Waals surface area contributed by atoms with Gasteiger partial charge in [-0.15, -0.1) is 0 Å². The van der Waals surface area contributed by atoms with Gasteiger partial charge in [0, 0.05) is 12.7 Å². The number of carbonyl (C=O) groups excluding carboxylic acids is 1. The van der Waals surface area contributed by atoms with Gasteiger partial charge in [0.05, 0.1) is 19.8 Å². The van der Waals surface area contributed by atoms with Crippen LogP contribution in [-0.2, 0) is 19.0 Å². The molecule has 0 radical (unpaired) electrons. The van der Waals surface area contributed by atoms with Gasteiger partial charge in [-0.3, -0.25) is 0 Å². The van der Waals surface area contributed by atoms with Gasteiger partial charge in [0.15, 0.2) is 0 Å². The summed E-state index contributed by atoms with van der Waals surface area (Å²) in [7, 11) is 0. The lowest BCUT2D eigenvalue weighted by Gasteiger charge is -2.06. The van der Waals surface area contributed by atoms with Crippen molar-refractivity contribution in [3.63, 3.8) is 0 Å². The SMILES string of the molecule is C=CC(=O)OCCOCCOCCCCCCCCCC. The minimum absolute atomic E-state index is 0.267. The highest BCUT2D eigenvalue weighted by Gasteiger charge is 1.95. The minimum Gasteiger partial charge on any atom is -0.460 e. The quantitative estimate of drug-likeness (QED) is 0.246. The molecule has 0 heterocycles. The molecule has 0 spiro atoms. The summed E-state index contributed by atoms with van der Waals surface area (Å²) in [5.74, 6) is -0.412. The number of esters is 1. The van der Waals surface area contributed by atoms with E-state index in [0.29, 0.717) is 19.8 Å². The topological polar surface area (TPSA) is 44.8 Å². The second-order valence-electron chi connectivity index (χ2n) is 5.07. The minimum atomic E-state index is -0.412. The number of ether oxygens (including phenoxy) is 3. The summed E-state index contributed by atoms with van der Waals surface area (Å²) in [4.78, 5) is 10.7. The number of hydrogen-bond acceptors (Lipinski definition) is 4. The van der Waals surface area contributed by atoms with Crippen molar-refractivity contribution in [2.24, 2.45) is 0 Å². The summed E-state index contributed by atoms with van der Waals surface area (Å²) in [6.45, 7) is 8.19. The molecular formula is C17H32O4. The lowest BCUT2D eigenvalue weighted by Crippen LogP contribution is -2.11. The molecule has 4 heteroatoms. The van der Waals surface area contributed by atoms with Crippen LogP contribution >= 0.6 is 0 Å². The Labute approximate surface area is 129 Å². The number of carbonyl (C=O) groups is 1. The first-order valence-corrected chi connectivity index (χ1v) is 8.26. The average molecular weight is 300 g/mol. The first-order chi connectivity index (χ1) is 10.3. The van der Waals surface area contributed by atoms with Crippen molar-refractivity contribution in [3.8, 4) is 0 Å². The molecule has 0 atom stereocenters. The molecule has 0 fully saturated rings. The zero-order valence-corrected chi connectivity index (χ0v) is 13.6. The molecule has 21 heavy (non-hydrogen) atoms. The molecule has 0 aromatic carbocycles. The van der Waals surface area contributed by atoms with Crippen LogP contribution in [0.15, 0.2) is 12.7 Å². The van der Waals surface area contributed by atoms with E-state index in [1.807, 2.05) is 0 Å². The molecule has 4 nitrogen and oxygen atoms in total. The third kappa shape index (κ3) is 17.1. The van der Waals surface area contributed by atoms with Crippen molar-refractivity contribution >= 4 is 5.97 Å². The standard InChI is InChI=1S/C17H32O4/c1-3-5-6-7-8-9-10-11-12-19-13-14-20-15-16-21-17(18)4-2/h4H,2-3,5-16H2,1H3. The first-order valence-electron chi connectivity index (χ1n) is 8.26. The molecule has 0 saturated heterocycles. The molecule has 0 N–H and O–H groups in total. The summed E-state index contributed by atoms with van der Waals surface area (Å²) < 4.78 is 15.5.